The molecule has 0 atom stereocenters. The van der Waals surface area contributed by atoms with Crippen molar-refractivity contribution in [1.82, 2.24) is 14.8 Å². The molecule has 2 heterocycles. The summed E-state index contributed by atoms with van der Waals surface area (Å²) in [5.41, 5.74) is 3.59. The number of aliphatic imine (C=N–C) groups is 1. The summed E-state index contributed by atoms with van der Waals surface area (Å²) in [5.74, 6) is 1.62. The zero-order valence-corrected chi connectivity index (χ0v) is 16.8. The molecule has 0 N–H and O–H groups in total. The van der Waals surface area contributed by atoms with Gasteiger partial charge in [-0.15, -0.1) is 10.2 Å². The second-order valence-corrected chi connectivity index (χ2v) is 6.15. The van der Waals surface area contributed by atoms with Crippen LogP contribution in [0.25, 0.3) is 5.69 Å². The summed E-state index contributed by atoms with van der Waals surface area (Å²) < 4.78 is 2.01. The molecule has 0 saturated heterocycles. The van der Waals surface area contributed by atoms with E-state index in [-0.39, 0.29) is 31.0 Å². The molecule has 24 heavy (non-hydrogen) atoms. The van der Waals surface area contributed by atoms with Gasteiger partial charge in [-0.1, -0.05) is 41.4 Å². The summed E-state index contributed by atoms with van der Waals surface area (Å²) >= 11 is 12.6. The fourth-order valence-electron chi connectivity index (χ4n) is 2.83. The van der Waals surface area contributed by atoms with Gasteiger partial charge < -0.3 is 1.43 Å². The van der Waals surface area contributed by atoms with Crippen LogP contribution in [-0.2, 0) is 6.54 Å². The van der Waals surface area contributed by atoms with Crippen molar-refractivity contribution in [2.24, 2.45) is 4.99 Å². The van der Waals surface area contributed by atoms with E-state index in [9.17, 15) is 0 Å². The van der Waals surface area contributed by atoms with E-state index in [1.165, 1.54) is 0 Å². The summed E-state index contributed by atoms with van der Waals surface area (Å²) in [5, 5.41) is 9.70. The predicted molar refractivity (Wildman–Crippen MR) is 93.0 cm³/mol. The molecule has 2 aromatic carbocycles. The van der Waals surface area contributed by atoms with Crippen LogP contribution in [0.1, 0.15) is 24.2 Å². The number of fused-ring (bicyclic) bond motifs is 3. The largest absolute Gasteiger partial charge is 1.00 e. The number of hydrogen-bond donors (Lipinski definition) is 0. The van der Waals surface area contributed by atoms with Crippen LogP contribution in [0.2, 0.25) is 10.0 Å². The van der Waals surface area contributed by atoms with Crippen LogP contribution in [0.4, 0.5) is 0 Å². The Balaban J connectivity index is 0.00000113. The minimum absolute atomic E-state index is 0. The van der Waals surface area contributed by atoms with Crippen LogP contribution < -0.4 is 29.6 Å². The number of aromatic nitrogens is 3. The normalized spacial score (nSPS) is 12.5. The average Bonchev–Trinajstić information content (AvgIpc) is 2.82. The maximum Gasteiger partial charge on any atom is 1.00 e. The number of aryl methyl sites for hydroxylation is 1. The Morgan fingerprint density at radius 2 is 1.83 bits per heavy atom. The monoisotopic (exact) mass is 366 g/mol. The zero-order valence-electron chi connectivity index (χ0n) is 14.3. The molecular weight excluding hydrogens is 354 g/mol. The topological polar surface area (TPSA) is 43.1 Å². The van der Waals surface area contributed by atoms with Crippen molar-refractivity contribution in [3.63, 3.8) is 0 Å². The van der Waals surface area contributed by atoms with Gasteiger partial charge in [-0.25, -0.2) is 0 Å². The van der Waals surface area contributed by atoms with Gasteiger partial charge in [0.05, 0.1) is 11.4 Å². The van der Waals surface area contributed by atoms with Gasteiger partial charge >= 0.3 is 29.6 Å². The molecule has 4 rings (SSSR count). The molecule has 0 saturated carbocycles. The Bertz CT molecular complexity index is 956. The van der Waals surface area contributed by atoms with Crippen molar-refractivity contribution in [2.45, 2.75) is 13.5 Å². The van der Waals surface area contributed by atoms with E-state index in [1.807, 2.05) is 54.0 Å². The molecular formula is C17H13Cl2N4Na. The Labute approximate surface area is 173 Å². The summed E-state index contributed by atoms with van der Waals surface area (Å²) in [6.45, 7) is 2.36. The van der Waals surface area contributed by atoms with Gasteiger partial charge in [0.25, 0.3) is 0 Å². The maximum atomic E-state index is 6.39. The molecule has 0 radical (unpaired) electrons. The number of hydrogen-bond acceptors (Lipinski definition) is 3. The number of nitrogens with zero attached hydrogens (tertiary/aromatic N) is 4. The van der Waals surface area contributed by atoms with Crippen molar-refractivity contribution < 1.29 is 31.0 Å². The molecule has 0 fully saturated rings. The van der Waals surface area contributed by atoms with E-state index in [4.69, 9.17) is 28.2 Å². The van der Waals surface area contributed by atoms with Gasteiger partial charge in [0.2, 0.25) is 0 Å². The van der Waals surface area contributed by atoms with Crippen molar-refractivity contribution >= 4 is 28.9 Å². The van der Waals surface area contributed by atoms with Gasteiger partial charge in [0.1, 0.15) is 12.4 Å². The standard InChI is InChI=1S/C17H12Cl2N4.Na.H/c1-10-21-22-16-9-20-17(12-4-2-3-5-14(12)19)13-8-11(18)6-7-15(13)23(10)16;;/h2-8H,9H2,1H3;;/q;+1;-1. The molecule has 116 valence electrons. The van der Waals surface area contributed by atoms with Crippen molar-refractivity contribution in [3.05, 3.63) is 75.3 Å². The summed E-state index contributed by atoms with van der Waals surface area (Å²) in [7, 11) is 0. The fraction of sp³-hybridized carbons (Fsp3) is 0.118. The third kappa shape index (κ3) is 2.93. The molecule has 3 aromatic rings. The second kappa shape index (κ2) is 6.98. The van der Waals surface area contributed by atoms with Gasteiger partial charge in [-0.3, -0.25) is 9.56 Å². The maximum absolute atomic E-state index is 6.39. The quantitative estimate of drug-likeness (QED) is 0.610. The van der Waals surface area contributed by atoms with Crippen molar-refractivity contribution in [2.75, 3.05) is 0 Å². The zero-order chi connectivity index (χ0) is 16.0. The SMILES string of the molecule is Cc1nnc2n1-c1ccc(Cl)cc1C(c1ccccc1Cl)=NC2.[H-].[Na+]. The summed E-state index contributed by atoms with van der Waals surface area (Å²) in [6, 6.07) is 13.4. The van der Waals surface area contributed by atoms with E-state index >= 15 is 0 Å². The summed E-state index contributed by atoms with van der Waals surface area (Å²) in [6.07, 6.45) is 0. The number of halogens is 2. The van der Waals surface area contributed by atoms with Crippen LogP contribution in [0.5, 0.6) is 0 Å². The molecule has 4 nitrogen and oxygen atoms in total. The Morgan fingerprint density at radius 3 is 2.62 bits per heavy atom. The summed E-state index contributed by atoms with van der Waals surface area (Å²) in [4.78, 5) is 4.74. The van der Waals surface area contributed by atoms with Gasteiger partial charge in [0, 0.05) is 21.2 Å². The van der Waals surface area contributed by atoms with Crippen LogP contribution in [0.3, 0.4) is 0 Å². The first-order valence-electron chi connectivity index (χ1n) is 7.15. The second-order valence-electron chi connectivity index (χ2n) is 5.31. The third-order valence-electron chi connectivity index (χ3n) is 3.85. The molecule has 0 bridgehead atoms. The van der Waals surface area contributed by atoms with Gasteiger partial charge in [0.15, 0.2) is 5.82 Å². The van der Waals surface area contributed by atoms with E-state index in [1.54, 1.807) is 0 Å². The molecule has 0 unspecified atom stereocenters. The van der Waals surface area contributed by atoms with Crippen LogP contribution >= 0.6 is 23.2 Å². The average molecular weight is 367 g/mol. The van der Waals surface area contributed by atoms with Crippen LogP contribution in [-0.4, -0.2) is 20.5 Å². The van der Waals surface area contributed by atoms with Gasteiger partial charge in [-0.05, 0) is 31.2 Å². The van der Waals surface area contributed by atoms with E-state index in [0.717, 1.165) is 34.2 Å². The molecule has 1 aromatic heterocycles. The molecule has 0 spiro atoms. The Kier molecular flexibility index (Phi) is 5.13. The Hall–Kier alpha value is -1.17. The number of rotatable bonds is 1. The first-order valence-corrected chi connectivity index (χ1v) is 7.91. The third-order valence-corrected chi connectivity index (χ3v) is 4.42. The van der Waals surface area contributed by atoms with Crippen LogP contribution in [0, 0.1) is 6.92 Å². The molecule has 1 aliphatic heterocycles. The Morgan fingerprint density at radius 1 is 1.04 bits per heavy atom. The minimum atomic E-state index is 0. The molecule has 0 amide bonds. The molecule has 0 aliphatic carbocycles. The molecule has 7 heteroatoms. The van der Waals surface area contributed by atoms with Crippen molar-refractivity contribution in [1.29, 1.82) is 0 Å². The number of benzene rings is 2. The first kappa shape index (κ1) is 17.6. The molecule has 1 aliphatic rings. The van der Waals surface area contributed by atoms with Gasteiger partial charge in [-0.2, -0.15) is 0 Å². The fourth-order valence-corrected chi connectivity index (χ4v) is 3.23. The predicted octanol–water partition coefficient (Wildman–Crippen LogP) is 1.35. The first-order chi connectivity index (χ1) is 11.1. The minimum Gasteiger partial charge on any atom is -1.00 e. The van der Waals surface area contributed by atoms with Crippen molar-refractivity contribution in [3.8, 4) is 5.69 Å². The van der Waals surface area contributed by atoms with E-state index < -0.39 is 0 Å². The van der Waals surface area contributed by atoms with E-state index in [2.05, 4.69) is 10.2 Å². The van der Waals surface area contributed by atoms with E-state index in [0.29, 0.717) is 16.6 Å². The van der Waals surface area contributed by atoms with Crippen LogP contribution in [0.15, 0.2) is 47.5 Å². The smallest absolute Gasteiger partial charge is 1.00 e.